The highest BCUT2D eigenvalue weighted by Gasteiger charge is 2.15. The smallest absolute Gasteiger partial charge is 0.187 e. The van der Waals surface area contributed by atoms with Gasteiger partial charge in [-0.2, -0.15) is 0 Å². The number of benzene rings is 2. The maximum atomic E-state index is 12.2. The van der Waals surface area contributed by atoms with E-state index >= 15 is 0 Å². The molecule has 0 unspecified atom stereocenters. The van der Waals surface area contributed by atoms with Crippen molar-refractivity contribution in [1.29, 1.82) is 0 Å². The van der Waals surface area contributed by atoms with Crippen molar-refractivity contribution in [3.63, 3.8) is 0 Å². The summed E-state index contributed by atoms with van der Waals surface area (Å²) < 4.78 is 0. The van der Waals surface area contributed by atoms with Crippen molar-refractivity contribution in [2.45, 2.75) is 0 Å². The van der Waals surface area contributed by atoms with Crippen LogP contribution in [0.15, 0.2) is 54.7 Å². The van der Waals surface area contributed by atoms with Crippen LogP contribution in [-0.4, -0.2) is 36.9 Å². The summed E-state index contributed by atoms with van der Waals surface area (Å²) in [5.74, 6) is -0.0872. The van der Waals surface area contributed by atoms with E-state index < -0.39 is 0 Å². The first-order valence-electron chi connectivity index (χ1n) is 7.95. The number of nitrogens with zero attached hydrogens (tertiary/aromatic N) is 2. The van der Waals surface area contributed by atoms with Gasteiger partial charge in [-0.25, -0.2) is 0 Å². The number of allylic oxidation sites excluding steroid dienone is 1. The lowest BCUT2D eigenvalue weighted by atomic mass is 10.1. The molecule has 2 aromatic rings. The molecule has 0 aromatic heterocycles. The Balaban J connectivity index is 1.57. The lowest BCUT2D eigenvalue weighted by molar-refractivity contribution is 0.104. The van der Waals surface area contributed by atoms with Gasteiger partial charge in [0.2, 0.25) is 0 Å². The van der Waals surface area contributed by atoms with Gasteiger partial charge < -0.3 is 9.80 Å². The summed E-state index contributed by atoms with van der Waals surface area (Å²) in [5, 5.41) is 1.57. The predicted octanol–water partition coefficient (Wildman–Crippen LogP) is 5.17. The average molecular weight is 396 g/mol. The minimum atomic E-state index is -0.0872. The van der Waals surface area contributed by atoms with Crippen LogP contribution < -0.4 is 4.90 Å². The molecule has 0 spiro atoms. The third-order valence-corrected chi connectivity index (χ3v) is 5.10. The summed E-state index contributed by atoms with van der Waals surface area (Å²) in [4.78, 5) is 16.7. The second-order valence-corrected chi connectivity index (χ2v) is 7.06. The van der Waals surface area contributed by atoms with E-state index in [1.165, 1.54) is 0 Å². The maximum absolute atomic E-state index is 12.2. The fourth-order valence-electron chi connectivity index (χ4n) is 2.72. The van der Waals surface area contributed by atoms with E-state index in [9.17, 15) is 4.79 Å². The monoisotopic (exact) mass is 394 g/mol. The Labute approximate surface area is 162 Å². The number of carbonyl (C=O) groups excluding carboxylic acids is 1. The molecule has 3 rings (SSSR count). The van der Waals surface area contributed by atoms with Gasteiger partial charge in [-0.3, -0.25) is 4.79 Å². The van der Waals surface area contributed by atoms with Crippen LogP contribution in [0.4, 0.5) is 5.69 Å². The van der Waals surface area contributed by atoms with Crippen molar-refractivity contribution in [2.75, 3.05) is 31.1 Å². The summed E-state index contributed by atoms with van der Waals surface area (Å²) in [6.45, 7) is 3.45. The molecule has 1 saturated heterocycles. The van der Waals surface area contributed by atoms with E-state index in [1.54, 1.807) is 24.3 Å². The van der Waals surface area contributed by atoms with Gasteiger partial charge in [0.25, 0.3) is 0 Å². The van der Waals surface area contributed by atoms with Crippen LogP contribution in [0.2, 0.25) is 15.1 Å². The Hall–Kier alpha value is -1.68. The van der Waals surface area contributed by atoms with Crippen molar-refractivity contribution in [1.82, 2.24) is 4.90 Å². The lowest BCUT2D eigenvalue weighted by Crippen LogP contribution is -2.44. The summed E-state index contributed by atoms with van der Waals surface area (Å²) in [6, 6.07) is 12.8. The van der Waals surface area contributed by atoms with Gasteiger partial charge in [0, 0.05) is 54.7 Å². The number of halogens is 3. The fourth-order valence-corrected chi connectivity index (χ4v) is 3.20. The third kappa shape index (κ3) is 4.69. The molecule has 25 heavy (non-hydrogen) atoms. The van der Waals surface area contributed by atoms with Crippen LogP contribution in [-0.2, 0) is 0 Å². The Morgan fingerprint density at radius 2 is 1.68 bits per heavy atom. The van der Waals surface area contributed by atoms with Crippen LogP contribution in [0, 0.1) is 0 Å². The molecule has 1 aliphatic rings. The van der Waals surface area contributed by atoms with Crippen molar-refractivity contribution in [3.8, 4) is 0 Å². The molecular weight excluding hydrogens is 379 g/mol. The van der Waals surface area contributed by atoms with E-state index in [2.05, 4.69) is 15.9 Å². The molecule has 0 radical (unpaired) electrons. The predicted molar refractivity (Wildman–Crippen MR) is 105 cm³/mol. The minimum Gasteiger partial charge on any atom is -0.374 e. The quantitative estimate of drug-likeness (QED) is 0.527. The standard InChI is InChI=1S/C19H17Cl3N2O/c20-15-2-1-3-16(13-15)24-10-8-23(9-11-24)7-6-19(25)14-4-5-17(21)18(22)12-14/h1-7,12-13H,8-11H2. The number of hydrogen-bond donors (Lipinski definition) is 0. The molecule has 3 nitrogen and oxygen atoms in total. The molecule has 0 amide bonds. The zero-order valence-corrected chi connectivity index (χ0v) is 15.7. The van der Waals surface area contributed by atoms with Crippen LogP contribution in [0.5, 0.6) is 0 Å². The maximum Gasteiger partial charge on any atom is 0.187 e. The molecule has 0 saturated carbocycles. The SMILES string of the molecule is O=C(C=CN1CCN(c2cccc(Cl)c2)CC1)c1ccc(Cl)c(Cl)c1. The molecule has 130 valence electrons. The topological polar surface area (TPSA) is 23.6 Å². The molecule has 6 heteroatoms. The number of piperazine rings is 1. The van der Waals surface area contributed by atoms with Crippen molar-refractivity contribution in [3.05, 3.63) is 75.4 Å². The summed E-state index contributed by atoms with van der Waals surface area (Å²) in [7, 11) is 0. The van der Waals surface area contributed by atoms with Crippen molar-refractivity contribution >= 4 is 46.3 Å². The van der Waals surface area contributed by atoms with Crippen LogP contribution >= 0.6 is 34.8 Å². The summed E-state index contributed by atoms with van der Waals surface area (Å²) in [6.07, 6.45) is 3.43. The molecule has 0 aliphatic carbocycles. The Bertz CT molecular complexity index is 799. The Morgan fingerprint density at radius 1 is 0.920 bits per heavy atom. The highest BCUT2D eigenvalue weighted by molar-refractivity contribution is 6.42. The average Bonchev–Trinajstić information content (AvgIpc) is 2.62. The van der Waals surface area contributed by atoms with Gasteiger partial charge in [-0.15, -0.1) is 0 Å². The second-order valence-electron chi connectivity index (χ2n) is 5.81. The molecule has 0 atom stereocenters. The van der Waals surface area contributed by atoms with E-state index in [1.807, 2.05) is 24.4 Å². The molecule has 1 heterocycles. The molecule has 1 aliphatic heterocycles. The van der Waals surface area contributed by atoms with Crippen molar-refractivity contribution < 1.29 is 4.79 Å². The fraction of sp³-hybridized carbons (Fsp3) is 0.211. The zero-order chi connectivity index (χ0) is 17.8. The van der Waals surface area contributed by atoms with Gasteiger partial charge in [0.15, 0.2) is 5.78 Å². The Kier molecular flexibility index (Phi) is 5.89. The lowest BCUT2D eigenvalue weighted by Gasteiger charge is -2.35. The molecule has 1 fully saturated rings. The number of carbonyl (C=O) groups is 1. The first-order chi connectivity index (χ1) is 12.0. The zero-order valence-electron chi connectivity index (χ0n) is 13.5. The van der Waals surface area contributed by atoms with Crippen LogP contribution in [0.25, 0.3) is 0 Å². The number of anilines is 1. The molecule has 0 bridgehead atoms. The Morgan fingerprint density at radius 3 is 2.36 bits per heavy atom. The third-order valence-electron chi connectivity index (χ3n) is 4.13. The number of hydrogen-bond acceptors (Lipinski definition) is 3. The van der Waals surface area contributed by atoms with Gasteiger partial charge in [-0.1, -0.05) is 40.9 Å². The number of rotatable bonds is 4. The summed E-state index contributed by atoms with van der Waals surface area (Å²) in [5.41, 5.74) is 1.66. The molecule has 0 N–H and O–H groups in total. The highest BCUT2D eigenvalue weighted by Crippen LogP contribution is 2.23. The van der Waals surface area contributed by atoms with Gasteiger partial charge in [0.05, 0.1) is 10.0 Å². The van der Waals surface area contributed by atoms with E-state index in [0.717, 1.165) is 36.9 Å². The van der Waals surface area contributed by atoms with E-state index in [0.29, 0.717) is 15.6 Å². The van der Waals surface area contributed by atoms with Gasteiger partial charge in [0.1, 0.15) is 0 Å². The number of ketones is 1. The van der Waals surface area contributed by atoms with E-state index in [-0.39, 0.29) is 5.78 Å². The highest BCUT2D eigenvalue weighted by atomic mass is 35.5. The molecule has 2 aromatic carbocycles. The molecular formula is C19H17Cl3N2O. The second kappa shape index (κ2) is 8.13. The normalized spacial score (nSPS) is 15.0. The largest absolute Gasteiger partial charge is 0.374 e. The van der Waals surface area contributed by atoms with E-state index in [4.69, 9.17) is 34.8 Å². The summed E-state index contributed by atoms with van der Waals surface area (Å²) >= 11 is 17.9. The first-order valence-corrected chi connectivity index (χ1v) is 9.08. The van der Waals surface area contributed by atoms with Crippen LogP contribution in [0.1, 0.15) is 10.4 Å². The minimum absolute atomic E-state index is 0.0872. The van der Waals surface area contributed by atoms with Crippen molar-refractivity contribution in [2.24, 2.45) is 0 Å². The van der Waals surface area contributed by atoms with Crippen LogP contribution in [0.3, 0.4) is 0 Å². The first kappa shape index (κ1) is 18.1. The van der Waals surface area contributed by atoms with Gasteiger partial charge >= 0.3 is 0 Å². The van der Waals surface area contributed by atoms with Gasteiger partial charge in [-0.05, 0) is 36.4 Å².